The molecule has 3 N–H and O–H groups in total. The first-order chi connectivity index (χ1) is 16.2. The van der Waals surface area contributed by atoms with E-state index in [1.54, 1.807) is 30.5 Å². The summed E-state index contributed by atoms with van der Waals surface area (Å²) >= 11 is 0. The van der Waals surface area contributed by atoms with E-state index in [4.69, 9.17) is 10.5 Å². The minimum absolute atomic E-state index is 0.0386. The summed E-state index contributed by atoms with van der Waals surface area (Å²) < 4.78 is 43.5. The standard InChI is InChI=1S/C23H25F3N6O2/c1-31-8-2-3-18(13-31)29-22(33)16-9-20(30-21(10-16)32-12-17(27)11-28-32)15-4-6-19(7-5-15)34-14-23(24,25)26/h4-7,9-12,18H,2-3,8,13-14,27H2,1H3,(H,29,33)/t18-/m0/s1. The molecule has 1 amide bonds. The molecule has 0 aliphatic carbocycles. The third-order valence-corrected chi connectivity index (χ3v) is 5.42. The number of halogens is 3. The van der Waals surface area contributed by atoms with Crippen molar-refractivity contribution < 1.29 is 22.7 Å². The number of likely N-dealkylation sites (N-methyl/N-ethyl adjacent to an activating group) is 1. The first-order valence-electron chi connectivity index (χ1n) is 10.8. The second-order valence-electron chi connectivity index (χ2n) is 8.32. The van der Waals surface area contributed by atoms with Gasteiger partial charge in [-0.05, 0) is 62.8 Å². The zero-order valence-corrected chi connectivity index (χ0v) is 18.5. The van der Waals surface area contributed by atoms with Crippen LogP contribution in [0.25, 0.3) is 17.1 Å². The Labute approximate surface area is 194 Å². The lowest BCUT2D eigenvalue weighted by Crippen LogP contribution is -2.46. The van der Waals surface area contributed by atoms with Crippen molar-refractivity contribution in [3.05, 3.63) is 54.4 Å². The zero-order valence-electron chi connectivity index (χ0n) is 18.5. The van der Waals surface area contributed by atoms with Crippen LogP contribution in [0.1, 0.15) is 23.2 Å². The van der Waals surface area contributed by atoms with Gasteiger partial charge in [-0.25, -0.2) is 9.67 Å². The van der Waals surface area contributed by atoms with Crippen LogP contribution in [0.3, 0.4) is 0 Å². The Kier molecular flexibility index (Phi) is 6.73. The fourth-order valence-electron chi connectivity index (χ4n) is 3.81. The van der Waals surface area contributed by atoms with Gasteiger partial charge in [-0.15, -0.1) is 0 Å². The fourth-order valence-corrected chi connectivity index (χ4v) is 3.81. The highest BCUT2D eigenvalue weighted by Crippen LogP contribution is 2.25. The predicted octanol–water partition coefficient (Wildman–Crippen LogP) is 3.28. The second-order valence-corrected chi connectivity index (χ2v) is 8.32. The fraction of sp³-hybridized carbons (Fsp3) is 0.348. The van der Waals surface area contributed by atoms with Crippen molar-refractivity contribution >= 4 is 11.6 Å². The largest absolute Gasteiger partial charge is 0.484 e. The van der Waals surface area contributed by atoms with Crippen LogP contribution < -0.4 is 15.8 Å². The average molecular weight is 474 g/mol. The number of amides is 1. The van der Waals surface area contributed by atoms with Gasteiger partial charge in [-0.3, -0.25) is 4.79 Å². The maximum absolute atomic E-state index is 13.1. The normalized spacial score (nSPS) is 16.9. The van der Waals surface area contributed by atoms with E-state index in [9.17, 15) is 18.0 Å². The maximum Gasteiger partial charge on any atom is 0.422 e. The number of pyridine rings is 1. The number of nitrogens with zero attached hydrogens (tertiary/aromatic N) is 4. The SMILES string of the molecule is CN1CCC[C@H](NC(=O)c2cc(-c3ccc(OCC(F)(F)F)cc3)nc(-n3cc(N)cn3)c2)C1. The first kappa shape index (κ1) is 23.6. The molecule has 1 aromatic carbocycles. The lowest BCUT2D eigenvalue weighted by molar-refractivity contribution is -0.153. The number of ether oxygens (including phenoxy) is 1. The smallest absolute Gasteiger partial charge is 0.422 e. The Hall–Kier alpha value is -3.60. The number of hydrogen-bond acceptors (Lipinski definition) is 6. The topological polar surface area (TPSA) is 98.3 Å². The summed E-state index contributed by atoms with van der Waals surface area (Å²) in [6, 6.07) is 9.34. The monoisotopic (exact) mass is 474 g/mol. The Morgan fingerprint density at radius 1 is 1.26 bits per heavy atom. The van der Waals surface area contributed by atoms with E-state index in [1.807, 2.05) is 7.05 Å². The molecule has 0 radical (unpaired) electrons. The number of aromatic nitrogens is 3. The first-order valence-corrected chi connectivity index (χ1v) is 10.8. The molecule has 180 valence electrons. The third-order valence-electron chi connectivity index (χ3n) is 5.42. The maximum atomic E-state index is 13.1. The average Bonchev–Trinajstić information content (AvgIpc) is 3.24. The predicted molar refractivity (Wildman–Crippen MR) is 121 cm³/mol. The van der Waals surface area contributed by atoms with Crippen LogP contribution in [-0.2, 0) is 0 Å². The minimum atomic E-state index is -4.42. The van der Waals surface area contributed by atoms with Crippen LogP contribution >= 0.6 is 0 Å². The lowest BCUT2D eigenvalue weighted by Gasteiger charge is -2.30. The Bertz CT molecular complexity index is 1150. The van der Waals surface area contributed by atoms with Crippen molar-refractivity contribution in [2.24, 2.45) is 0 Å². The second kappa shape index (κ2) is 9.72. The molecule has 0 saturated carbocycles. The van der Waals surface area contributed by atoms with E-state index in [-0.39, 0.29) is 17.7 Å². The van der Waals surface area contributed by atoms with Crippen molar-refractivity contribution in [1.29, 1.82) is 0 Å². The number of nitrogens with one attached hydrogen (secondary N) is 1. The number of alkyl halides is 3. The quantitative estimate of drug-likeness (QED) is 0.569. The Balaban J connectivity index is 1.62. The highest BCUT2D eigenvalue weighted by atomic mass is 19.4. The molecule has 0 bridgehead atoms. The molecule has 3 heterocycles. The van der Waals surface area contributed by atoms with E-state index in [0.29, 0.717) is 28.3 Å². The van der Waals surface area contributed by atoms with Crippen LogP contribution in [0.2, 0.25) is 0 Å². The van der Waals surface area contributed by atoms with Gasteiger partial charge in [0, 0.05) is 23.7 Å². The number of piperidine rings is 1. The molecule has 1 saturated heterocycles. The molecule has 34 heavy (non-hydrogen) atoms. The van der Waals surface area contributed by atoms with Gasteiger partial charge in [-0.2, -0.15) is 18.3 Å². The summed E-state index contributed by atoms with van der Waals surface area (Å²) in [4.78, 5) is 19.8. The van der Waals surface area contributed by atoms with Gasteiger partial charge in [0.2, 0.25) is 0 Å². The molecule has 4 rings (SSSR count). The van der Waals surface area contributed by atoms with Gasteiger partial charge in [0.25, 0.3) is 5.91 Å². The molecule has 1 fully saturated rings. The molecule has 0 unspecified atom stereocenters. The summed E-state index contributed by atoms with van der Waals surface area (Å²) in [5.74, 6) is 0.226. The number of likely N-dealkylation sites (tertiary alicyclic amines) is 1. The molecule has 1 aliphatic heterocycles. The van der Waals surface area contributed by atoms with Crippen LogP contribution in [0, 0.1) is 0 Å². The molecular weight excluding hydrogens is 449 g/mol. The Morgan fingerprint density at radius 2 is 2.03 bits per heavy atom. The number of hydrogen-bond donors (Lipinski definition) is 2. The van der Waals surface area contributed by atoms with Crippen LogP contribution in [0.5, 0.6) is 5.75 Å². The van der Waals surface area contributed by atoms with Crippen molar-refractivity contribution in [2.75, 3.05) is 32.5 Å². The van der Waals surface area contributed by atoms with Gasteiger partial charge in [-0.1, -0.05) is 0 Å². The zero-order chi connectivity index (χ0) is 24.3. The highest BCUT2D eigenvalue weighted by Gasteiger charge is 2.28. The lowest BCUT2D eigenvalue weighted by atomic mass is 10.0. The molecule has 8 nitrogen and oxygen atoms in total. The third kappa shape index (κ3) is 6.04. The van der Waals surface area contributed by atoms with Gasteiger partial charge in [0.1, 0.15) is 5.75 Å². The molecule has 11 heteroatoms. The van der Waals surface area contributed by atoms with E-state index >= 15 is 0 Å². The van der Waals surface area contributed by atoms with E-state index < -0.39 is 12.8 Å². The van der Waals surface area contributed by atoms with Gasteiger partial charge >= 0.3 is 6.18 Å². The summed E-state index contributed by atoms with van der Waals surface area (Å²) in [5, 5.41) is 7.25. The van der Waals surface area contributed by atoms with Gasteiger partial charge < -0.3 is 20.7 Å². The van der Waals surface area contributed by atoms with Crippen molar-refractivity contribution in [3.8, 4) is 22.8 Å². The van der Waals surface area contributed by atoms with Crippen LogP contribution in [0.4, 0.5) is 18.9 Å². The number of benzene rings is 1. The molecule has 2 aromatic heterocycles. The number of anilines is 1. The summed E-state index contributed by atoms with van der Waals surface area (Å²) in [5.41, 5.74) is 7.68. The van der Waals surface area contributed by atoms with E-state index in [0.717, 1.165) is 25.9 Å². The number of rotatable bonds is 6. The summed E-state index contributed by atoms with van der Waals surface area (Å²) in [7, 11) is 2.02. The van der Waals surface area contributed by atoms with Gasteiger partial charge in [0.15, 0.2) is 12.4 Å². The Morgan fingerprint density at radius 3 is 2.68 bits per heavy atom. The number of carbonyl (C=O) groups is 1. The van der Waals surface area contributed by atoms with Crippen molar-refractivity contribution in [1.82, 2.24) is 25.0 Å². The summed E-state index contributed by atoms with van der Waals surface area (Å²) in [6.07, 6.45) is 0.534. The minimum Gasteiger partial charge on any atom is -0.484 e. The molecular formula is C23H25F3N6O2. The summed E-state index contributed by atoms with van der Waals surface area (Å²) in [6.45, 7) is 0.395. The van der Waals surface area contributed by atoms with Crippen molar-refractivity contribution in [3.63, 3.8) is 0 Å². The molecule has 3 aromatic rings. The number of nitrogen functional groups attached to an aromatic ring is 1. The van der Waals surface area contributed by atoms with Crippen molar-refractivity contribution in [2.45, 2.75) is 25.1 Å². The number of nitrogens with two attached hydrogens (primary N) is 1. The number of carbonyl (C=O) groups excluding carboxylic acids is 1. The molecule has 0 spiro atoms. The van der Waals surface area contributed by atoms with Crippen LogP contribution in [-0.4, -0.2) is 64.5 Å². The van der Waals surface area contributed by atoms with Gasteiger partial charge in [0.05, 0.1) is 23.8 Å². The molecule has 1 atom stereocenters. The van der Waals surface area contributed by atoms with E-state index in [2.05, 4.69) is 20.3 Å². The van der Waals surface area contributed by atoms with Crippen LogP contribution in [0.15, 0.2) is 48.8 Å². The molecule has 1 aliphatic rings. The van der Waals surface area contributed by atoms with E-state index in [1.165, 1.54) is 23.0 Å². The highest BCUT2D eigenvalue weighted by molar-refractivity contribution is 5.96.